The standard InChI is InChI=1S/C20H20BrF3N2O3S/c1-12(2)14-4-6-18(17(21)10-14)25-30(28,29)16-5-3-13-7-8-26(11-15(13)9-16)19(27)20(22,23)24/h3-6,9-10,12,25H,7-8,11H2,1-2H3. The van der Waals surface area contributed by atoms with E-state index in [1.165, 1.54) is 12.1 Å². The van der Waals surface area contributed by atoms with Gasteiger partial charge in [-0.1, -0.05) is 26.0 Å². The van der Waals surface area contributed by atoms with Gasteiger partial charge < -0.3 is 4.90 Å². The molecule has 10 heteroatoms. The van der Waals surface area contributed by atoms with Crippen molar-refractivity contribution in [1.82, 2.24) is 4.90 Å². The van der Waals surface area contributed by atoms with Crippen LogP contribution in [0.15, 0.2) is 45.8 Å². The topological polar surface area (TPSA) is 66.5 Å². The molecular formula is C20H20BrF3N2O3S. The molecule has 0 aliphatic carbocycles. The Bertz CT molecular complexity index is 1090. The second-order valence-electron chi connectivity index (χ2n) is 7.40. The lowest BCUT2D eigenvalue weighted by atomic mass is 10.00. The third-order valence-corrected chi connectivity index (χ3v) is 6.95. The fourth-order valence-corrected chi connectivity index (χ4v) is 4.99. The van der Waals surface area contributed by atoms with Crippen LogP contribution in [-0.4, -0.2) is 31.9 Å². The van der Waals surface area contributed by atoms with Gasteiger partial charge in [-0.05, 0) is 69.2 Å². The second-order valence-corrected chi connectivity index (χ2v) is 9.94. The molecule has 2 aromatic carbocycles. The number of hydrogen-bond donors (Lipinski definition) is 1. The summed E-state index contributed by atoms with van der Waals surface area (Å²) in [5, 5.41) is 0. The number of sulfonamides is 1. The van der Waals surface area contributed by atoms with Crippen molar-refractivity contribution in [1.29, 1.82) is 0 Å². The van der Waals surface area contributed by atoms with Gasteiger partial charge in [0.15, 0.2) is 0 Å². The largest absolute Gasteiger partial charge is 0.471 e. The first kappa shape index (κ1) is 22.6. The minimum absolute atomic E-state index is 0.0646. The Balaban J connectivity index is 1.86. The van der Waals surface area contributed by atoms with E-state index in [9.17, 15) is 26.4 Å². The third-order valence-electron chi connectivity index (χ3n) is 4.93. The zero-order valence-electron chi connectivity index (χ0n) is 16.3. The molecule has 0 fully saturated rings. The molecule has 0 bridgehead atoms. The van der Waals surface area contributed by atoms with Crippen LogP contribution in [0.2, 0.25) is 0 Å². The third kappa shape index (κ3) is 4.80. The number of alkyl halides is 3. The molecular weight excluding hydrogens is 485 g/mol. The highest BCUT2D eigenvalue weighted by atomic mass is 79.9. The first-order valence-corrected chi connectivity index (χ1v) is 11.5. The summed E-state index contributed by atoms with van der Waals surface area (Å²) in [5.74, 6) is -1.65. The summed E-state index contributed by atoms with van der Waals surface area (Å²) >= 11 is 3.37. The highest BCUT2D eigenvalue weighted by Crippen LogP contribution is 2.30. The molecule has 0 unspecified atom stereocenters. The lowest BCUT2D eigenvalue weighted by Gasteiger charge is -2.29. The number of carbonyl (C=O) groups excluding carboxylic acids is 1. The van der Waals surface area contributed by atoms with Crippen molar-refractivity contribution in [3.05, 3.63) is 57.6 Å². The van der Waals surface area contributed by atoms with Crippen LogP contribution < -0.4 is 4.72 Å². The van der Waals surface area contributed by atoms with Crippen LogP contribution in [0, 0.1) is 0 Å². The summed E-state index contributed by atoms with van der Waals surface area (Å²) in [5.41, 5.74) is 2.50. The maximum absolute atomic E-state index is 12.8. The van der Waals surface area contributed by atoms with Gasteiger partial charge in [0.1, 0.15) is 0 Å². The van der Waals surface area contributed by atoms with Gasteiger partial charge in [0, 0.05) is 17.6 Å². The number of rotatable bonds is 4. The van der Waals surface area contributed by atoms with Crippen LogP contribution in [0.25, 0.3) is 0 Å². The monoisotopic (exact) mass is 504 g/mol. The predicted octanol–water partition coefficient (Wildman–Crippen LogP) is 4.82. The smallest absolute Gasteiger partial charge is 0.330 e. The van der Waals surface area contributed by atoms with Gasteiger partial charge in [-0.3, -0.25) is 9.52 Å². The average molecular weight is 505 g/mol. The van der Waals surface area contributed by atoms with E-state index < -0.39 is 22.1 Å². The van der Waals surface area contributed by atoms with Gasteiger partial charge in [-0.25, -0.2) is 8.42 Å². The van der Waals surface area contributed by atoms with E-state index in [0.717, 1.165) is 11.1 Å². The minimum Gasteiger partial charge on any atom is -0.330 e. The molecule has 162 valence electrons. The molecule has 3 rings (SSSR count). The van der Waals surface area contributed by atoms with Crippen molar-refractivity contribution in [2.45, 2.75) is 43.8 Å². The molecule has 2 aromatic rings. The lowest BCUT2D eigenvalue weighted by molar-refractivity contribution is -0.186. The minimum atomic E-state index is -4.96. The number of benzene rings is 2. The zero-order chi connectivity index (χ0) is 22.3. The molecule has 0 saturated carbocycles. The maximum Gasteiger partial charge on any atom is 0.471 e. The fraction of sp³-hybridized carbons (Fsp3) is 0.350. The van der Waals surface area contributed by atoms with Crippen molar-refractivity contribution < 1.29 is 26.4 Å². The van der Waals surface area contributed by atoms with E-state index in [1.807, 2.05) is 26.0 Å². The highest BCUT2D eigenvalue weighted by Gasteiger charge is 2.43. The van der Waals surface area contributed by atoms with Crippen molar-refractivity contribution in [2.75, 3.05) is 11.3 Å². The molecule has 0 aromatic heterocycles. The normalized spacial score (nSPS) is 14.6. The first-order valence-electron chi connectivity index (χ1n) is 9.18. The number of carbonyl (C=O) groups is 1. The van der Waals surface area contributed by atoms with Crippen LogP contribution in [0.3, 0.4) is 0 Å². The second kappa shape index (κ2) is 8.22. The summed E-state index contributed by atoms with van der Waals surface area (Å²) in [6.45, 7) is 3.69. The number of hydrogen-bond acceptors (Lipinski definition) is 3. The highest BCUT2D eigenvalue weighted by molar-refractivity contribution is 9.10. The van der Waals surface area contributed by atoms with Gasteiger partial charge in [0.05, 0.1) is 10.6 Å². The Hall–Kier alpha value is -2.07. The van der Waals surface area contributed by atoms with E-state index in [4.69, 9.17) is 0 Å². The molecule has 0 radical (unpaired) electrons. The molecule has 1 aliphatic heterocycles. The molecule has 1 heterocycles. The zero-order valence-corrected chi connectivity index (χ0v) is 18.7. The fourth-order valence-electron chi connectivity index (χ4n) is 3.23. The molecule has 1 aliphatic rings. The van der Waals surface area contributed by atoms with E-state index >= 15 is 0 Å². The molecule has 1 amide bonds. The molecule has 0 atom stereocenters. The van der Waals surface area contributed by atoms with Crippen LogP contribution in [0.5, 0.6) is 0 Å². The molecule has 0 spiro atoms. The number of anilines is 1. The van der Waals surface area contributed by atoms with Gasteiger partial charge in [0.25, 0.3) is 10.0 Å². The number of halogens is 4. The molecule has 30 heavy (non-hydrogen) atoms. The van der Waals surface area contributed by atoms with Crippen LogP contribution in [-0.2, 0) is 27.8 Å². The maximum atomic E-state index is 12.8. The predicted molar refractivity (Wildman–Crippen MR) is 111 cm³/mol. The average Bonchev–Trinajstić information content (AvgIpc) is 2.67. The number of fused-ring (bicyclic) bond motifs is 1. The van der Waals surface area contributed by atoms with Crippen molar-refractivity contribution in [3.63, 3.8) is 0 Å². The SMILES string of the molecule is CC(C)c1ccc(NS(=O)(=O)c2ccc3c(c2)CN(C(=O)C(F)(F)F)CC3)c(Br)c1. The Morgan fingerprint density at radius 2 is 1.83 bits per heavy atom. The van der Waals surface area contributed by atoms with Crippen molar-refractivity contribution >= 4 is 37.5 Å². The number of nitrogens with one attached hydrogen (secondary N) is 1. The number of amides is 1. The Morgan fingerprint density at radius 3 is 2.43 bits per heavy atom. The van der Waals surface area contributed by atoms with E-state index in [0.29, 0.717) is 20.6 Å². The van der Waals surface area contributed by atoms with Crippen LogP contribution >= 0.6 is 15.9 Å². The Morgan fingerprint density at radius 1 is 1.13 bits per heavy atom. The quantitative estimate of drug-likeness (QED) is 0.648. The summed E-state index contributed by atoms with van der Waals surface area (Å²) in [6, 6.07) is 9.62. The van der Waals surface area contributed by atoms with E-state index in [2.05, 4.69) is 20.7 Å². The van der Waals surface area contributed by atoms with E-state index in [1.54, 1.807) is 12.1 Å². The summed E-state index contributed by atoms with van der Waals surface area (Å²) in [4.78, 5) is 12.1. The molecule has 5 nitrogen and oxygen atoms in total. The van der Waals surface area contributed by atoms with Gasteiger partial charge >= 0.3 is 12.1 Å². The first-order chi connectivity index (χ1) is 13.9. The summed E-state index contributed by atoms with van der Waals surface area (Å²) < 4.78 is 67.0. The lowest BCUT2D eigenvalue weighted by Crippen LogP contribution is -2.43. The van der Waals surface area contributed by atoms with Gasteiger partial charge in [0.2, 0.25) is 0 Å². The van der Waals surface area contributed by atoms with Gasteiger partial charge in [-0.15, -0.1) is 0 Å². The molecule has 0 saturated heterocycles. The van der Waals surface area contributed by atoms with Crippen LogP contribution in [0.1, 0.15) is 36.5 Å². The van der Waals surface area contributed by atoms with Crippen molar-refractivity contribution in [3.8, 4) is 0 Å². The van der Waals surface area contributed by atoms with Crippen LogP contribution in [0.4, 0.5) is 18.9 Å². The Labute approximate surface area is 181 Å². The number of nitrogens with zero attached hydrogens (tertiary/aromatic N) is 1. The summed E-state index contributed by atoms with van der Waals surface area (Å²) in [6.07, 6.45) is -4.73. The molecule has 1 N–H and O–H groups in total. The Kier molecular flexibility index (Phi) is 6.20. The van der Waals surface area contributed by atoms with E-state index in [-0.39, 0.29) is 30.3 Å². The summed E-state index contributed by atoms with van der Waals surface area (Å²) in [7, 11) is -3.97. The van der Waals surface area contributed by atoms with Crippen molar-refractivity contribution in [2.24, 2.45) is 0 Å². The van der Waals surface area contributed by atoms with Gasteiger partial charge in [-0.2, -0.15) is 13.2 Å².